The van der Waals surface area contributed by atoms with E-state index < -0.39 is 0 Å². The van der Waals surface area contributed by atoms with E-state index in [4.69, 9.17) is 21.1 Å². The summed E-state index contributed by atoms with van der Waals surface area (Å²) in [6.45, 7) is 0. The van der Waals surface area contributed by atoms with Crippen LogP contribution in [0.2, 0.25) is 5.02 Å². The van der Waals surface area contributed by atoms with E-state index in [1.54, 1.807) is 44.6 Å². The van der Waals surface area contributed by atoms with Crippen molar-refractivity contribution in [3.8, 4) is 28.4 Å². The van der Waals surface area contributed by atoms with Gasteiger partial charge in [0.1, 0.15) is 5.75 Å². The molecular weight excluding hydrogens is 252 g/mol. The van der Waals surface area contributed by atoms with Crippen LogP contribution in [-0.4, -0.2) is 19.3 Å². The third kappa shape index (κ3) is 2.36. The first-order valence-electron chi connectivity index (χ1n) is 5.36. The van der Waals surface area contributed by atoms with Crippen LogP contribution >= 0.6 is 11.6 Å². The fraction of sp³-hybridized carbons (Fsp3) is 0.143. The lowest BCUT2D eigenvalue weighted by molar-refractivity contribution is 0.355. The van der Waals surface area contributed by atoms with Gasteiger partial charge in [0.05, 0.1) is 14.2 Å². The van der Waals surface area contributed by atoms with Crippen molar-refractivity contribution in [2.24, 2.45) is 0 Å². The SMILES string of the molecule is COc1ccc(-c2cc(Cl)ccc2O)cc1OC. The summed E-state index contributed by atoms with van der Waals surface area (Å²) >= 11 is 5.93. The Morgan fingerprint density at radius 3 is 2.33 bits per heavy atom. The van der Waals surface area contributed by atoms with Gasteiger partial charge in [-0.15, -0.1) is 0 Å². The molecule has 0 radical (unpaired) electrons. The van der Waals surface area contributed by atoms with Gasteiger partial charge in [-0.05, 0) is 35.9 Å². The molecule has 0 fully saturated rings. The summed E-state index contributed by atoms with van der Waals surface area (Å²) in [5.74, 6) is 1.42. The molecule has 0 saturated heterocycles. The fourth-order valence-corrected chi connectivity index (χ4v) is 1.92. The molecule has 2 aromatic rings. The Balaban J connectivity index is 2.54. The zero-order valence-electron chi connectivity index (χ0n) is 10.1. The van der Waals surface area contributed by atoms with Crippen LogP contribution in [0, 0.1) is 0 Å². The van der Waals surface area contributed by atoms with Gasteiger partial charge in [-0.2, -0.15) is 0 Å². The van der Waals surface area contributed by atoms with E-state index >= 15 is 0 Å². The van der Waals surface area contributed by atoms with Gasteiger partial charge in [0.25, 0.3) is 0 Å². The van der Waals surface area contributed by atoms with Crippen molar-refractivity contribution in [2.45, 2.75) is 0 Å². The van der Waals surface area contributed by atoms with Gasteiger partial charge >= 0.3 is 0 Å². The number of rotatable bonds is 3. The van der Waals surface area contributed by atoms with Crippen molar-refractivity contribution in [3.05, 3.63) is 41.4 Å². The van der Waals surface area contributed by atoms with Crippen LogP contribution in [-0.2, 0) is 0 Å². The molecule has 2 rings (SSSR count). The first-order chi connectivity index (χ1) is 8.65. The summed E-state index contributed by atoms with van der Waals surface area (Å²) in [5.41, 5.74) is 1.47. The van der Waals surface area contributed by atoms with Crippen LogP contribution in [0.3, 0.4) is 0 Å². The number of phenolic OH excluding ortho intramolecular Hbond substituents is 1. The van der Waals surface area contributed by atoms with E-state index in [1.807, 2.05) is 6.07 Å². The van der Waals surface area contributed by atoms with Crippen molar-refractivity contribution in [3.63, 3.8) is 0 Å². The van der Waals surface area contributed by atoms with Crippen LogP contribution in [0.4, 0.5) is 0 Å². The van der Waals surface area contributed by atoms with Gasteiger partial charge in [0.15, 0.2) is 11.5 Å². The molecule has 0 spiro atoms. The van der Waals surface area contributed by atoms with E-state index in [9.17, 15) is 5.11 Å². The summed E-state index contributed by atoms with van der Waals surface area (Å²) in [4.78, 5) is 0. The van der Waals surface area contributed by atoms with Crippen molar-refractivity contribution in [1.29, 1.82) is 0 Å². The van der Waals surface area contributed by atoms with Gasteiger partial charge in [0.2, 0.25) is 0 Å². The Morgan fingerprint density at radius 2 is 1.67 bits per heavy atom. The minimum absolute atomic E-state index is 0.173. The maximum Gasteiger partial charge on any atom is 0.161 e. The summed E-state index contributed by atoms with van der Waals surface area (Å²) in [7, 11) is 3.15. The molecule has 0 aromatic heterocycles. The number of phenols is 1. The Kier molecular flexibility index (Phi) is 3.63. The average Bonchev–Trinajstić information content (AvgIpc) is 2.40. The van der Waals surface area contributed by atoms with Crippen LogP contribution in [0.15, 0.2) is 36.4 Å². The number of methoxy groups -OCH3 is 2. The molecule has 0 aliphatic heterocycles. The van der Waals surface area contributed by atoms with Gasteiger partial charge in [-0.25, -0.2) is 0 Å². The van der Waals surface area contributed by atoms with E-state index in [2.05, 4.69) is 0 Å². The highest BCUT2D eigenvalue weighted by atomic mass is 35.5. The van der Waals surface area contributed by atoms with Crippen molar-refractivity contribution >= 4 is 11.6 Å². The lowest BCUT2D eigenvalue weighted by Crippen LogP contribution is -1.91. The molecule has 1 N–H and O–H groups in total. The van der Waals surface area contributed by atoms with E-state index in [-0.39, 0.29) is 5.75 Å². The minimum atomic E-state index is 0.173. The first kappa shape index (κ1) is 12.6. The molecule has 0 aliphatic rings. The summed E-state index contributed by atoms with van der Waals surface area (Å²) in [6, 6.07) is 10.3. The Hall–Kier alpha value is -1.87. The second kappa shape index (κ2) is 5.19. The summed E-state index contributed by atoms with van der Waals surface area (Å²) < 4.78 is 10.4. The molecule has 18 heavy (non-hydrogen) atoms. The molecule has 0 amide bonds. The highest BCUT2D eigenvalue weighted by Gasteiger charge is 2.09. The van der Waals surface area contributed by atoms with Crippen LogP contribution in [0.25, 0.3) is 11.1 Å². The second-order valence-electron chi connectivity index (χ2n) is 3.73. The monoisotopic (exact) mass is 264 g/mol. The topological polar surface area (TPSA) is 38.7 Å². The van der Waals surface area contributed by atoms with E-state index in [0.717, 1.165) is 5.56 Å². The van der Waals surface area contributed by atoms with Gasteiger partial charge in [-0.3, -0.25) is 0 Å². The Morgan fingerprint density at radius 1 is 0.944 bits per heavy atom. The number of hydrogen-bond donors (Lipinski definition) is 1. The molecule has 0 saturated carbocycles. The van der Waals surface area contributed by atoms with Crippen LogP contribution < -0.4 is 9.47 Å². The highest BCUT2D eigenvalue weighted by Crippen LogP contribution is 2.36. The third-order valence-electron chi connectivity index (χ3n) is 2.65. The fourth-order valence-electron chi connectivity index (χ4n) is 1.74. The van der Waals surface area contributed by atoms with Crippen molar-refractivity contribution < 1.29 is 14.6 Å². The molecule has 2 aromatic carbocycles. The maximum absolute atomic E-state index is 9.85. The average molecular weight is 265 g/mol. The molecule has 0 unspecified atom stereocenters. The molecule has 4 heteroatoms. The van der Waals surface area contributed by atoms with Gasteiger partial charge in [-0.1, -0.05) is 17.7 Å². The minimum Gasteiger partial charge on any atom is -0.507 e. The molecule has 0 bridgehead atoms. The normalized spacial score (nSPS) is 10.2. The Bertz CT molecular complexity index is 567. The molecular formula is C14H13ClO3. The van der Waals surface area contributed by atoms with Gasteiger partial charge < -0.3 is 14.6 Å². The second-order valence-corrected chi connectivity index (χ2v) is 4.17. The molecule has 3 nitrogen and oxygen atoms in total. The maximum atomic E-state index is 9.85. The number of ether oxygens (including phenoxy) is 2. The molecule has 94 valence electrons. The van der Waals surface area contributed by atoms with E-state index in [1.165, 1.54) is 0 Å². The quantitative estimate of drug-likeness (QED) is 0.918. The number of halogens is 1. The van der Waals surface area contributed by atoms with Gasteiger partial charge in [0, 0.05) is 10.6 Å². The standard InChI is InChI=1S/C14H13ClO3/c1-17-13-6-3-9(7-14(13)18-2)11-8-10(15)4-5-12(11)16/h3-8,16H,1-2H3. The summed E-state index contributed by atoms with van der Waals surface area (Å²) in [5, 5.41) is 10.4. The number of hydrogen-bond acceptors (Lipinski definition) is 3. The summed E-state index contributed by atoms with van der Waals surface area (Å²) in [6.07, 6.45) is 0. The lowest BCUT2D eigenvalue weighted by atomic mass is 10.0. The van der Waals surface area contributed by atoms with Crippen LogP contribution in [0.1, 0.15) is 0 Å². The van der Waals surface area contributed by atoms with Crippen LogP contribution in [0.5, 0.6) is 17.2 Å². The van der Waals surface area contributed by atoms with E-state index in [0.29, 0.717) is 22.1 Å². The zero-order chi connectivity index (χ0) is 13.1. The smallest absolute Gasteiger partial charge is 0.161 e. The predicted octanol–water partition coefficient (Wildman–Crippen LogP) is 3.73. The Labute approximate surface area is 111 Å². The lowest BCUT2D eigenvalue weighted by Gasteiger charge is -2.10. The molecule has 0 aliphatic carbocycles. The predicted molar refractivity (Wildman–Crippen MR) is 71.7 cm³/mol. The molecule has 0 atom stereocenters. The highest BCUT2D eigenvalue weighted by molar-refractivity contribution is 6.31. The molecule has 0 heterocycles. The first-order valence-corrected chi connectivity index (χ1v) is 5.74. The third-order valence-corrected chi connectivity index (χ3v) is 2.89. The largest absolute Gasteiger partial charge is 0.507 e. The number of aromatic hydroxyl groups is 1. The number of benzene rings is 2. The van der Waals surface area contributed by atoms with Crippen molar-refractivity contribution in [2.75, 3.05) is 14.2 Å². The van der Waals surface area contributed by atoms with Crippen molar-refractivity contribution in [1.82, 2.24) is 0 Å². The zero-order valence-corrected chi connectivity index (χ0v) is 10.9.